The SMILES string of the molecule is COc1c(NC(=O)c2ccc(C)c(-n3cc(OC(=O)NCC(C)(C)N(C)C)nn3)c2)cc(C(C)(C)C)cc1NS(C)(=O)=O. The number of anilines is 2. The van der Waals surface area contributed by atoms with Crippen molar-refractivity contribution >= 4 is 33.4 Å². The fraction of sp³-hybridized carbons (Fsp3) is 0.448. The fourth-order valence-corrected chi connectivity index (χ4v) is 4.38. The average Bonchev–Trinajstić information content (AvgIpc) is 3.34. The van der Waals surface area contributed by atoms with Crippen molar-refractivity contribution in [1.82, 2.24) is 25.2 Å². The van der Waals surface area contributed by atoms with Crippen LogP contribution >= 0.6 is 0 Å². The second-order valence-electron chi connectivity index (χ2n) is 12.1. The van der Waals surface area contributed by atoms with E-state index in [9.17, 15) is 18.0 Å². The van der Waals surface area contributed by atoms with E-state index in [-0.39, 0.29) is 28.3 Å². The quantitative estimate of drug-likeness (QED) is 0.307. The Morgan fingerprint density at radius 3 is 2.28 bits per heavy atom. The molecule has 1 heterocycles. The van der Waals surface area contributed by atoms with E-state index in [0.717, 1.165) is 17.4 Å². The maximum Gasteiger partial charge on any atom is 0.414 e. The summed E-state index contributed by atoms with van der Waals surface area (Å²) in [5.41, 5.74) is 2.28. The highest BCUT2D eigenvalue weighted by Gasteiger charge is 2.24. The standard InChI is InChI=1S/C29H41N7O6S/c1-18-11-12-19(13-23(18)36-16-24(32-34-36)42-27(38)30-17-29(5,6)35(7)8)26(37)31-21-14-20(28(2,3)4)15-22(25(21)41-9)33-43(10,39)40/h11-16,33H,17H2,1-10H3,(H,30,38)(H,31,37). The van der Waals surface area contributed by atoms with Crippen LogP contribution in [-0.2, 0) is 15.4 Å². The van der Waals surface area contributed by atoms with E-state index < -0.39 is 22.0 Å². The molecule has 3 N–H and O–H groups in total. The molecule has 1 aromatic heterocycles. The largest absolute Gasteiger partial charge is 0.492 e. The summed E-state index contributed by atoms with van der Waals surface area (Å²) >= 11 is 0. The molecule has 0 bridgehead atoms. The predicted octanol–water partition coefficient (Wildman–Crippen LogP) is 3.93. The minimum atomic E-state index is -3.63. The smallest absolute Gasteiger partial charge is 0.414 e. The molecule has 3 aromatic rings. The molecule has 234 valence electrons. The minimum Gasteiger partial charge on any atom is -0.492 e. The lowest BCUT2D eigenvalue weighted by Crippen LogP contribution is -2.48. The molecule has 2 amide bonds. The third-order valence-electron chi connectivity index (χ3n) is 6.97. The van der Waals surface area contributed by atoms with Crippen LogP contribution in [0.15, 0.2) is 36.5 Å². The lowest BCUT2D eigenvalue weighted by atomic mass is 9.86. The number of amides is 2. The number of hydrogen-bond donors (Lipinski definition) is 3. The monoisotopic (exact) mass is 615 g/mol. The molecule has 43 heavy (non-hydrogen) atoms. The normalized spacial score (nSPS) is 12.2. The Bertz CT molecular complexity index is 1610. The molecule has 3 rings (SSSR count). The van der Waals surface area contributed by atoms with Crippen LogP contribution in [0.2, 0.25) is 0 Å². The molecule has 0 aliphatic carbocycles. The molecule has 0 saturated carbocycles. The van der Waals surface area contributed by atoms with E-state index in [2.05, 4.69) is 25.7 Å². The van der Waals surface area contributed by atoms with Crippen molar-refractivity contribution < 1.29 is 27.5 Å². The average molecular weight is 616 g/mol. The van der Waals surface area contributed by atoms with Crippen molar-refractivity contribution in [3.63, 3.8) is 0 Å². The van der Waals surface area contributed by atoms with Crippen LogP contribution in [0.25, 0.3) is 5.69 Å². The first-order chi connectivity index (χ1) is 19.8. The lowest BCUT2D eigenvalue weighted by molar-refractivity contribution is 0.102. The number of sulfonamides is 1. The van der Waals surface area contributed by atoms with Gasteiger partial charge in [-0.05, 0) is 75.7 Å². The summed E-state index contributed by atoms with van der Waals surface area (Å²) < 4.78 is 38.8. The van der Waals surface area contributed by atoms with Crippen molar-refractivity contribution in [3.8, 4) is 17.3 Å². The Kier molecular flexibility index (Phi) is 9.76. The van der Waals surface area contributed by atoms with Gasteiger partial charge in [-0.3, -0.25) is 9.52 Å². The first kappa shape index (κ1) is 33.3. The van der Waals surface area contributed by atoms with E-state index in [1.807, 2.05) is 60.5 Å². The van der Waals surface area contributed by atoms with Crippen LogP contribution in [0.4, 0.5) is 16.2 Å². The summed E-state index contributed by atoms with van der Waals surface area (Å²) in [6.07, 6.45) is 1.82. The minimum absolute atomic E-state index is 0.0101. The highest BCUT2D eigenvalue weighted by molar-refractivity contribution is 7.92. The van der Waals surface area contributed by atoms with Gasteiger partial charge in [-0.2, -0.15) is 0 Å². The number of rotatable bonds is 10. The second kappa shape index (κ2) is 12.6. The zero-order valence-electron chi connectivity index (χ0n) is 26.3. The molecule has 2 aromatic carbocycles. The first-order valence-electron chi connectivity index (χ1n) is 13.5. The summed E-state index contributed by atoms with van der Waals surface area (Å²) in [5, 5.41) is 13.6. The number of nitrogens with one attached hydrogen (secondary N) is 3. The molecule has 0 unspecified atom stereocenters. The number of carbonyl (C=O) groups is 2. The zero-order valence-corrected chi connectivity index (χ0v) is 27.1. The van der Waals surface area contributed by atoms with Crippen molar-refractivity contribution in [2.45, 2.75) is 52.5 Å². The van der Waals surface area contributed by atoms with Crippen molar-refractivity contribution in [1.29, 1.82) is 0 Å². The Balaban J connectivity index is 1.87. The Morgan fingerprint density at radius 2 is 1.70 bits per heavy atom. The molecule has 0 radical (unpaired) electrons. The first-order valence-corrected chi connectivity index (χ1v) is 15.4. The number of aromatic nitrogens is 3. The molecule has 0 aliphatic rings. The van der Waals surface area contributed by atoms with Gasteiger partial charge in [-0.25, -0.2) is 17.9 Å². The molecule has 0 fully saturated rings. The summed E-state index contributed by atoms with van der Waals surface area (Å²) in [6, 6.07) is 8.47. The van der Waals surface area contributed by atoms with Gasteiger partial charge in [-0.15, -0.1) is 0 Å². The summed E-state index contributed by atoms with van der Waals surface area (Å²) in [7, 11) is 1.61. The molecule has 14 heteroatoms. The maximum atomic E-state index is 13.5. The summed E-state index contributed by atoms with van der Waals surface area (Å²) in [6.45, 7) is 12.1. The van der Waals surface area contributed by atoms with Gasteiger partial charge < -0.3 is 25.0 Å². The molecule has 0 spiro atoms. The van der Waals surface area contributed by atoms with Crippen molar-refractivity contribution in [2.24, 2.45) is 0 Å². The molecule has 0 saturated heterocycles. The van der Waals surface area contributed by atoms with Crippen LogP contribution in [0.5, 0.6) is 11.6 Å². The maximum absolute atomic E-state index is 13.5. The van der Waals surface area contributed by atoms with Gasteiger partial charge in [0.05, 0.1) is 36.6 Å². The van der Waals surface area contributed by atoms with E-state index in [1.54, 1.807) is 30.3 Å². The topological polar surface area (TPSA) is 157 Å². The number of ether oxygens (including phenoxy) is 2. The van der Waals surface area contributed by atoms with Crippen LogP contribution in [0, 0.1) is 6.92 Å². The lowest BCUT2D eigenvalue weighted by Gasteiger charge is -2.32. The van der Waals surface area contributed by atoms with Crippen molar-refractivity contribution in [3.05, 3.63) is 53.2 Å². The molecular weight excluding hydrogens is 574 g/mol. The summed E-state index contributed by atoms with van der Waals surface area (Å²) in [5.74, 6) is -0.302. The predicted molar refractivity (Wildman–Crippen MR) is 166 cm³/mol. The molecule has 0 atom stereocenters. The number of carbonyl (C=O) groups excluding carboxylic acids is 2. The van der Waals surface area contributed by atoms with Gasteiger partial charge in [-0.1, -0.05) is 37.1 Å². The van der Waals surface area contributed by atoms with Gasteiger partial charge in [0.2, 0.25) is 10.0 Å². The highest BCUT2D eigenvalue weighted by Crippen LogP contribution is 2.39. The zero-order chi connectivity index (χ0) is 32.3. The third kappa shape index (κ3) is 8.67. The molecular formula is C29H41N7O6S. The van der Waals surface area contributed by atoms with Crippen LogP contribution in [-0.4, -0.2) is 79.9 Å². The van der Waals surface area contributed by atoms with E-state index in [1.165, 1.54) is 18.0 Å². The number of benzene rings is 2. The molecule has 0 aliphatic heterocycles. The van der Waals surface area contributed by atoms with Gasteiger partial charge in [0.1, 0.15) is 0 Å². The second-order valence-corrected chi connectivity index (χ2v) is 13.9. The number of aryl methyl sites for hydroxylation is 1. The van der Waals surface area contributed by atoms with E-state index >= 15 is 0 Å². The Labute approximate surface area is 253 Å². The van der Waals surface area contributed by atoms with Crippen LogP contribution < -0.4 is 24.8 Å². The number of nitrogens with zero attached hydrogens (tertiary/aromatic N) is 4. The van der Waals surface area contributed by atoms with Gasteiger partial charge in [0.15, 0.2) is 5.75 Å². The highest BCUT2D eigenvalue weighted by atomic mass is 32.2. The Hall–Kier alpha value is -4.17. The number of methoxy groups -OCH3 is 1. The van der Waals surface area contributed by atoms with Crippen LogP contribution in [0.3, 0.4) is 0 Å². The third-order valence-corrected chi connectivity index (χ3v) is 7.56. The van der Waals surface area contributed by atoms with E-state index in [4.69, 9.17) is 9.47 Å². The molecule has 13 nitrogen and oxygen atoms in total. The van der Waals surface area contributed by atoms with Crippen LogP contribution in [0.1, 0.15) is 56.1 Å². The summed E-state index contributed by atoms with van der Waals surface area (Å²) in [4.78, 5) is 27.8. The fourth-order valence-electron chi connectivity index (χ4n) is 3.83. The number of likely N-dealkylation sites (N-methyl/N-ethyl adjacent to an activating group) is 1. The van der Waals surface area contributed by atoms with Gasteiger partial charge in [0, 0.05) is 17.6 Å². The number of hydrogen-bond acceptors (Lipinski definition) is 9. The van der Waals surface area contributed by atoms with E-state index in [0.29, 0.717) is 23.5 Å². The van der Waals surface area contributed by atoms with Gasteiger partial charge in [0.25, 0.3) is 11.8 Å². The van der Waals surface area contributed by atoms with Crippen molar-refractivity contribution in [2.75, 3.05) is 44.0 Å². The Morgan fingerprint density at radius 1 is 1.05 bits per heavy atom. The van der Waals surface area contributed by atoms with Gasteiger partial charge >= 0.3 is 6.09 Å².